The van der Waals surface area contributed by atoms with E-state index in [1.54, 1.807) is 6.07 Å². The monoisotopic (exact) mass is 206 g/mol. The van der Waals surface area contributed by atoms with Gasteiger partial charge in [-0.05, 0) is 25.0 Å². The van der Waals surface area contributed by atoms with E-state index in [-0.39, 0.29) is 11.4 Å². The molecule has 0 saturated heterocycles. The molecule has 1 fully saturated rings. The summed E-state index contributed by atoms with van der Waals surface area (Å²) in [6.45, 7) is 0. The lowest BCUT2D eigenvalue weighted by Crippen LogP contribution is -2.08. The molecule has 1 aliphatic rings. The minimum atomic E-state index is -1.05. The fourth-order valence-electron chi connectivity index (χ4n) is 2.11. The van der Waals surface area contributed by atoms with E-state index in [1.165, 1.54) is 12.8 Å². The van der Waals surface area contributed by atoms with Crippen LogP contribution in [-0.2, 0) is 0 Å². The molecular formula is C11H14N2O2. The summed E-state index contributed by atoms with van der Waals surface area (Å²) >= 11 is 0. The molecule has 4 heteroatoms. The molecule has 15 heavy (non-hydrogen) atoms. The lowest BCUT2D eigenvalue weighted by atomic mass is 10.0. The molecule has 0 radical (unpaired) electrons. The number of carboxylic acid groups (broad SMARTS) is 1. The highest BCUT2D eigenvalue weighted by atomic mass is 16.4. The van der Waals surface area contributed by atoms with Crippen LogP contribution in [0.2, 0.25) is 0 Å². The van der Waals surface area contributed by atoms with E-state index >= 15 is 0 Å². The summed E-state index contributed by atoms with van der Waals surface area (Å²) in [5.74, 6) is -0.629. The van der Waals surface area contributed by atoms with Crippen LogP contribution in [-0.4, -0.2) is 16.1 Å². The lowest BCUT2D eigenvalue weighted by Gasteiger charge is -2.09. The van der Waals surface area contributed by atoms with Gasteiger partial charge in [0.1, 0.15) is 0 Å². The number of nitrogens with zero attached hydrogens (tertiary/aromatic N) is 1. The topological polar surface area (TPSA) is 76.2 Å². The van der Waals surface area contributed by atoms with Crippen molar-refractivity contribution in [3.05, 3.63) is 23.5 Å². The Bertz CT molecular complexity index is 384. The van der Waals surface area contributed by atoms with Gasteiger partial charge in [-0.2, -0.15) is 0 Å². The van der Waals surface area contributed by atoms with E-state index in [0.29, 0.717) is 5.92 Å². The van der Waals surface area contributed by atoms with Gasteiger partial charge in [-0.15, -0.1) is 0 Å². The third kappa shape index (κ3) is 1.93. The molecule has 0 unspecified atom stereocenters. The average molecular weight is 206 g/mol. The summed E-state index contributed by atoms with van der Waals surface area (Å²) in [6, 6.07) is 3.49. The zero-order valence-electron chi connectivity index (χ0n) is 8.44. The van der Waals surface area contributed by atoms with Crippen molar-refractivity contribution in [3.63, 3.8) is 0 Å². The Morgan fingerprint density at radius 2 is 2.07 bits per heavy atom. The second-order valence-corrected chi connectivity index (χ2v) is 3.96. The van der Waals surface area contributed by atoms with E-state index < -0.39 is 5.97 Å². The minimum Gasteiger partial charge on any atom is -0.476 e. The largest absolute Gasteiger partial charge is 0.476 e. The first-order valence-corrected chi connectivity index (χ1v) is 5.18. The van der Waals surface area contributed by atoms with Crippen molar-refractivity contribution in [2.45, 2.75) is 31.6 Å². The Balaban J connectivity index is 2.33. The molecule has 1 aromatic rings. The van der Waals surface area contributed by atoms with E-state index in [1.807, 2.05) is 6.07 Å². The molecule has 4 nitrogen and oxygen atoms in total. The molecule has 3 N–H and O–H groups in total. The zero-order chi connectivity index (χ0) is 10.8. The summed E-state index contributed by atoms with van der Waals surface area (Å²) in [6.07, 6.45) is 4.63. The van der Waals surface area contributed by atoms with Gasteiger partial charge in [0.05, 0.1) is 5.69 Å². The third-order valence-corrected chi connectivity index (χ3v) is 2.92. The first-order chi connectivity index (χ1) is 7.18. The van der Waals surface area contributed by atoms with Crippen molar-refractivity contribution in [1.82, 2.24) is 4.98 Å². The van der Waals surface area contributed by atoms with Crippen molar-refractivity contribution in [2.24, 2.45) is 0 Å². The number of carboxylic acids is 1. The number of rotatable bonds is 2. The van der Waals surface area contributed by atoms with Gasteiger partial charge in [-0.25, -0.2) is 9.78 Å². The lowest BCUT2D eigenvalue weighted by molar-refractivity contribution is 0.0691. The van der Waals surface area contributed by atoms with Crippen molar-refractivity contribution in [2.75, 3.05) is 5.73 Å². The predicted octanol–water partition coefficient (Wildman–Crippen LogP) is 2.02. The Morgan fingerprint density at radius 3 is 2.67 bits per heavy atom. The van der Waals surface area contributed by atoms with E-state index in [9.17, 15) is 4.79 Å². The number of hydrogen-bond acceptors (Lipinski definition) is 3. The van der Waals surface area contributed by atoms with Gasteiger partial charge in [-0.3, -0.25) is 0 Å². The van der Waals surface area contributed by atoms with Gasteiger partial charge in [-0.1, -0.05) is 12.8 Å². The highest BCUT2D eigenvalue weighted by molar-refractivity contribution is 5.91. The molecule has 1 saturated carbocycles. The number of nitrogen functional groups attached to an aromatic ring is 1. The number of aromatic nitrogens is 1. The molecule has 1 aliphatic carbocycles. The molecule has 0 aromatic carbocycles. The van der Waals surface area contributed by atoms with Crippen LogP contribution in [0.4, 0.5) is 5.69 Å². The first kappa shape index (κ1) is 9.96. The summed E-state index contributed by atoms with van der Waals surface area (Å²) in [4.78, 5) is 15.0. The maximum atomic E-state index is 10.8. The summed E-state index contributed by atoms with van der Waals surface area (Å²) in [7, 11) is 0. The van der Waals surface area contributed by atoms with Crippen LogP contribution in [0.5, 0.6) is 0 Å². The molecule has 0 bridgehead atoms. The smallest absolute Gasteiger partial charge is 0.356 e. The van der Waals surface area contributed by atoms with Gasteiger partial charge >= 0.3 is 5.97 Å². The van der Waals surface area contributed by atoms with E-state index in [0.717, 1.165) is 18.5 Å². The maximum absolute atomic E-state index is 10.8. The number of carbonyl (C=O) groups is 1. The third-order valence-electron chi connectivity index (χ3n) is 2.92. The maximum Gasteiger partial charge on any atom is 0.356 e. The van der Waals surface area contributed by atoms with Gasteiger partial charge < -0.3 is 10.8 Å². The number of anilines is 1. The van der Waals surface area contributed by atoms with Crippen LogP contribution < -0.4 is 5.73 Å². The number of aromatic carboxylic acids is 1. The zero-order valence-corrected chi connectivity index (χ0v) is 8.44. The molecule has 0 aliphatic heterocycles. The van der Waals surface area contributed by atoms with E-state index in [4.69, 9.17) is 10.8 Å². The Labute approximate surface area is 88.1 Å². The molecule has 0 spiro atoms. The summed E-state index contributed by atoms with van der Waals surface area (Å²) in [5, 5.41) is 8.89. The standard InChI is InChI=1S/C11H14N2O2/c12-8-5-6-9(7-3-1-2-4-7)13-10(8)11(14)15/h5-7H,1-4,12H2,(H,14,15). The Morgan fingerprint density at radius 1 is 1.40 bits per heavy atom. The van der Waals surface area contributed by atoms with Crippen molar-refractivity contribution < 1.29 is 9.90 Å². The van der Waals surface area contributed by atoms with Crippen LogP contribution in [0, 0.1) is 0 Å². The average Bonchev–Trinajstić information content (AvgIpc) is 2.71. The normalized spacial score (nSPS) is 16.8. The molecule has 2 rings (SSSR count). The van der Waals surface area contributed by atoms with Crippen LogP contribution in [0.15, 0.2) is 12.1 Å². The molecule has 80 valence electrons. The first-order valence-electron chi connectivity index (χ1n) is 5.18. The minimum absolute atomic E-state index is 0.0144. The van der Waals surface area contributed by atoms with Crippen LogP contribution in [0.3, 0.4) is 0 Å². The molecular weight excluding hydrogens is 192 g/mol. The fourth-order valence-corrected chi connectivity index (χ4v) is 2.11. The Kier molecular flexibility index (Phi) is 2.58. The van der Waals surface area contributed by atoms with Crippen LogP contribution in [0.25, 0.3) is 0 Å². The SMILES string of the molecule is Nc1ccc(C2CCCC2)nc1C(=O)O. The van der Waals surface area contributed by atoms with Gasteiger partial charge in [0, 0.05) is 11.6 Å². The molecule has 1 heterocycles. The summed E-state index contributed by atoms with van der Waals surface area (Å²) in [5.41, 5.74) is 6.65. The van der Waals surface area contributed by atoms with Gasteiger partial charge in [0.2, 0.25) is 0 Å². The van der Waals surface area contributed by atoms with Crippen LogP contribution >= 0.6 is 0 Å². The van der Waals surface area contributed by atoms with Crippen LogP contribution in [0.1, 0.15) is 47.8 Å². The van der Waals surface area contributed by atoms with Crippen molar-refractivity contribution in [1.29, 1.82) is 0 Å². The number of pyridine rings is 1. The highest BCUT2D eigenvalue weighted by Crippen LogP contribution is 2.33. The van der Waals surface area contributed by atoms with Gasteiger partial charge in [0.15, 0.2) is 5.69 Å². The number of hydrogen-bond donors (Lipinski definition) is 2. The molecule has 1 aromatic heterocycles. The fraction of sp³-hybridized carbons (Fsp3) is 0.455. The summed E-state index contributed by atoms with van der Waals surface area (Å²) < 4.78 is 0. The Hall–Kier alpha value is -1.58. The van der Waals surface area contributed by atoms with Crippen molar-refractivity contribution >= 4 is 11.7 Å². The second kappa shape index (κ2) is 3.88. The van der Waals surface area contributed by atoms with Gasteiger partial charge in [0.25, 0.3) is 0 Å². The van der Waals surface area contributed by atoms with E-state index in [2.05, 4.69) is 4.98 Å². The molecule has 0 amide bonds. The second-order valence-electron chi connectivity index (χ2n) is 3.96. The predicted molar refractivity (Wildman–Crippen MR) is 56.8 cm³/mol. The number of nitrogens with two attached hydrogens (primary N) is 1. The quantitative estimate of drug-likeness (QED) is 0.776. The van der Waals surface area contributed by atoms with Crippen molar-refractivity contribution in [3.8, 4) is 0 Å². The molecule has 0 atom stereocenters. The highest BCUT2D eigenvalue weighted by Gasteiger charge is 2.20.